The molecule has 134 heavy (non-hydrogen) atoms. The van der Waals surface area contributed by atoms with Crippen LogP contribution in [0.3, 0.4) is 0 Å². The van der Waals surface area contributed by atoms with Gasteiger partial charge in [0.1, 0.15) is 22.3 Å². The fraction of sp³-hybridized carbons (Fsp3) is 0. The summed E-state index contributed by atoms with van der Waals surface area (Å²) >= 11 is 3.76. The van der Waals surface area contributed by atoms with Gasteiger partial charge in [0.25, 0.3) is 0 Å². The van der Waals surface area contributed by atoms with Gasteiger partial charge in [-0.2, -0.15) is 0 Å². The SMILES string of the molecule is c1ccc(-c2cccc(-n3c4ccccc4c4cc(-c5cccc6c5sc5ccccc56)ccc43)c2)cc1.c1ccc(-n2c3ccccc3c3cc(-c4ccc5oc6ccccc6c5c4)ccc32)cc1.c1ccc(-n2c3ccccc3c3cc(-c4ccc5sc6ccccc6c5c4)ccc32)cc1.c1ccc(-n2c3ccccc3c3cc(-c4cccc5c4oc4ccccc45)ccc32)cc1. The van der Waals surface area contributed by atoms with Gasteiger partial charge in [-0.3, -0.25) is 0 Å². The Kier molecular flexibility index (Phi) is 18.9. The van der Waals surface area contributed by atoms with E-state index in [0.717, 1.165) is 55.0 Å². The summed E-state index contributed by atoms with van der Waals surface area (Å²) in [5.74, 6) is 0. The number of hydrogen-bond donors (Lipinski definition) is 0. The summed E-state index contributed by atoms with van der Waals surface area (Å²) in [6.45, 7) is 0. The second kappa shape index (κ2) is 32.5. The molecule has 0 unspecified atom stereocenters. The second-order valence-corrected chi connectivity index (χ2v) is 36.6. The van der Waals surface area contributed by atoms with Crippen LogP contribution in [0, 0.1) is 0 Å². The zero-order valence-corrected chi connectivity index (χ0v) is 74.2. The Morgan fingerprint density at radius 2 is 0.455 bits per heavy atom. The van der Waals surface area contributed by atoms with Gasteiger partial charge >= 0.3 is 0 Å². The molecule has 8 heterocycles. The second-order valence-electron chi connectivity index (χ2n) is 34.4. The average molecular weight is 1750 g/mol. The van der Waals surface area contributed by atoms with Crippen molar-refractivity contribution in [1.29, 1.82) is 0 Å². The number of fused-ring (bicyclic) bond motifs is 24. The predicted molar refractivity (Wildman–Crippen MR) is 571 cm³/mol. The van der Waals surface area contributed by atoms with E-state index in [1.54, 1.807) is 0 Å². The Morgan fingerprint density at radius 3 is 0.978 bits per heavy atom. The predicted octanol–water partition coefficient (Wildman–Crippen LogP) is 36.0. The first kappa shape index (κ1) is 77.9. The molecular formula is C126H80N4O2S2. The molecule has 0 aliphatic rings. The maximum absolute atomic E-state index is 6.31. The molecule has 0 aliphatic heterocycles. The highest BCUT2D eigenvalue weighted by molar-refractivity contribution is 7.26. The molecule has 0 saturated carbocycles. The van der Waals surface area contributed by atoms with Crippen LogP contribution in [-0.2, 0) is 0 Å². The van der Waals surface area contributed by atoms with E-state index in [-0.39, 0.29) is 0 Å². The molecule has 29 rings (SSSR count). The van der Waals surface area contributed by atoms with Crippen LogP contribution < -0.4 is 0 Å². The van der Waals surface area contributed by atoms with Gasteiger partial charge in [-0.25, -0.2) is 0 Å². The molecule has 628 valence electrons. The van der Waals surface area contributed by atoms with Crippen molar-refractivity contribution < 1.29 is 8.83 Å². The van der Waals surface area contributed by atoms with Crippen molar-refractivity contribution in [3.8, 4) is 78.4 Å². The number of furan rings is 2. The van der Waals surface area contributed by atoms with Crippen LogP contribution in [0.2, 0.25) is 0 Å². The van der Waals surface area contributed by atoms with Crippen molar-refractivity contribution >= 4 is 194 Å². The highest BCUT2D eigenvalue weighted by atomic mass is 32.1. The van der Waals surface area contributed by atoms with Gasteiger partial charge in [-0.05, 0) is 220 Å². The van der Waals surface area contributed by atoms with Gasteiger partial charge in [0, 0.05) is 133 Å². The molecule has 0 radical (unpaired) electrons. The quantitative estimate of drug-likeness (QED) is 0.145. The topological polar surface area (TPSA) is 46.0 Å². The summed E-state index contributed by atoms with van der Waals surface area (Å²) in [5, 5.41) is 20.2. The van der Waals surface area contributed by atoms with Gasteiger partial charge in [0.2, 0.25) is 0 Å². The molecule has 6 nitrogen and oxygen atoms in total. The number of nitrogens with zero attached hydrogens (tertiary/aromatic N) is 4. The van der Waals surface area contributed by atoms with Crippen molar-refractivity contribution in [3.63, 3.8) is 0 Å². The molecule has 0 amide bonds. The maximum atomic E-state index is 6.31. The van der Waals surface area contributed by atoms with Crippen LogP contribution in [0.15, 0.2) is 494 Å². The van der Waals surface area contributed by atoms with Gasteiger partial charge in [-0.1, -0.05) is 315 Å². The standard InChI is InChI=1S/C36H23NS.2C30H19NO.C30H19NS/c1-2-10-24(11-3-1)25-12-8-13-27(22-25)37-33-18-6-4-14-29(33)32-23-26(20-21-34(32)37)28-16-9-17-31-30-15-5-7-19-35(30)38-36(28)31;1-2-9-21(10-3-1)31-27-15-6-4-11-23(27)26-19-20(17-18-28(26)31)22-13-8-14-25-24-12-5-7-16-29(24)32-30(22)25;2*1-2-8-22(9-3-1)31-27-12-6-4-10-23(27)25-18-20(14-16-28(25)31)21-15-17-30-26(19-21)24-11-5-7-13-29(24)32-30/h1-23H;3*1-19H. The van der Waals surface area contributed by atoms with Gasteiger partial charge in [-0.15, -0.1) is 22.7 Å². The summed E-state index contributed by atoms with van der Waals surface area (Å²) in [5.41, 5.74) is 30.5. The molecular weight excluding hydrogens is 1670 g/mol. The first-order valence-electron chi connectivity index (χ1n) is 45.6. The molecule has 0 spiro atoms. The Bertz CT molecular complexity index is 9380. The lowest BCUT2D eigenvalue weighted by atomic mass is 10.0. The van der Waals surface area contributed by atoms with Gasteiger partial charge < -0.3 is 27.1 Å². The maximum Gasteiger partial charge on any atom is 0.143 e. The van der Waals surface area contributed by atoms with E-state index < -0.39 is 0 Å². The van der Waals surface area contributed by atoms with Crippen LogP contribution >= 0.6 is 22.7 Å². The first-order chi connectivity index (χ1) is 66.5. The third-order valence-electron chi connectivity index (χ3n) is 26.8. The lowest BCUT2D eigenvalue weighted by molar-refractivity contribution is 0.669. The van der Waals surface area contributed by atoms with Crippen molar-refractivity contribution in [3.05, 3.63) is 485 Å². The molecule has 0 fully saturated rings. The molecule has 8 heteroatoms. The van der Waals surface area contributed by atoms with Crippen LogP contribution in [0.5, 0.6) is 0 Å². The summed E-state index contributed by atoms with van der Waals surface area (Å²) in [7, 11) is 0. The van der Waals surface area contributed by atoms with Crippen LogP contribution in [0.25, 0.3) is 250 Å². The number of rotatable bonds is 9. The summed E-state index contributed by atoms with van der Waals surface area (Å²) in [6.07, 6.45) is 0. The summed E-state index contributed by atoms with van der Waals surface area (Å²) in [4.78, 5) is 0. The average Bonchev–Trinajstić information content (AvgIpc) is 1.59. The van der Waals surface area contributed by atoms with E-state index in [4.69, 9.17) is 8.83 Å². The molecule has 0 N–H and O–H groups in total. The number of hydrogen-bond acceptors (Lipinski definition) is 4. The van der Waals surface area contributed by atoms with E-state index in [9.17, 15) is 0 Å². The molecule has 0 bridgehead atoms. The van der Waals surface area contributed by atoms with Crippen molar-refractivity contribution in [1.82, 2.24) is 18.3 Å². The van der Waals surface area contributed by atoms with Crippen LogP contribution in [0.4, 0.5) is 0 Å². The van der Waals surface area contributed by atoms with E-state index in [2.05, 4.69) is 479 Å². The summed E-state index contributed by atoms with van der Waals surface area (Å²) < 4.78 is 27.2. The minimum atomic E-state index is 0.928. The van der Waals surface area contributed by atoms with Crippen molar-refractivity contribution in [2.45, 2.75) is 0 Å². The smallest absolute Gasteiger partial charge is 0.143 e. The lowest BCUT2D eigenvalue weighted by Gasteiger charge is -2.11. The zero-order valence-electron chi connectivity index (χ0n) is 72.6. The Hall–Kier alpha value is -17.1. The number of para-hydroxylation sites is 10. The summed E-state index contributed by atoms with van der Waals surface area (Å²) in [6, 6.07) is 174. The minimum Gasteiger partial charge on any atom is -0.456 e. The van der Waals surface area contributed by atoms with E-state index >= 15 is 0 Å². The molecule has 0 aliphatic carbocycles. The molecule has 0 atom stereocenters. The highest BCUT2D eigenvalue weighted by Gasteiger charge is 2.23. The zero-order chi connectivity index (χ0) is 88.3. The van der Waals surface area contributed by atoms with Crippen LogP contribution in [0.1, 0.15) is 0 Å². The molecule has 21 aromatic carbocycles. The van der Waals surface area contributed by atoms with E-state index in [0.29, 0.717) is 0 Å². The molecule has 0 saturated heterocycles. The minimum absolute atomic E-state index is 0.928. The Labute approximate surface area is 779 Å². The fourth-order valence-corrected chi connectivity index (χ4v) is 23.0. The Morgan fingerprint density at radius 1 is 0.149 bits per heavy atom. The first-order valence-corrected chi connectivity index (χ1v) is 47.2. The third-order valence-corrected chi connectivity index (χ3v) is 29.2. The molecule has 8 aromatic heterocycles. The van der Waals surface area contributed by atoms with Crippen molar-refractivity contribution in [2.75, 3.05) is 0 Å². The van der Waals surface area contributed by atoms with Gasteiger partial charge in [0.15, 0.2) is 0 Å². The normalized spacial score (nSPS) is 11.7. The number of thiophene rings is 2. The number of benzene rings is 21. The fourth-order valence-electron chi connectivity index (χ4n) is 20.6. The van der Waals surface area contributed by atoms with Gasteiger partial charge in [0.05, 0.1) is 44.1 Å². The third kappa shape index (κ3) is 13.3. The molecule has 29 aromatic rings. The Balaban J connectivity index is 0.0000000934. The number of aromatic nitrogens is 4. The largest absolute Gasteiger partial charge is 0.456 e. The lowest BCUT2D eigenvalue weighted by Crippen LogP contribution is -1.94. The van der Waals surface area contributed by atoms with Crippen molar-refractivity contribution in [2.24, 2.45) is 0 Å². The van der Waals surface area contributed by atoms with E-state index in [1.807, 2.05) is 46.9 Å². The van der Waals surface area contributed by atoms with Crippen LogP contribution in [-0.4, -0.2) is 18.3 Å². The van der Waals surface area contributed by atoms with E-state index in [1.165, 1.54) is 195 Å². The highest BCUT2D eigenvalue weighted by Crippen LogP contribution is 2.47. The monoisotopic (exact) mass is 1740 g/mol.